The molecule has 22 heavy (non-hydrogen) atoms. The third kappa shape index (κ3) is 3.02. The summed E-state index contributed by atoms with van der Waals surface area (Å²) < 4.78 is 28.2. The van der Waals surface area contributed by atoms with Gasteiger partial charge in [-0.15, -0.1) is 0 Å². The van der Waals surface area contributed by atoms with Gasteiger partial charge in [0.25, 0.3) is 5.91 Å². The van der Waals surface area contributed by atoms with Crippen molar-refractivity contribution in [1.82, 2.24) is 5.32 Å². The molecule has 1 heterocycles. The average molecular weight is 324 g/mol. The van der Waals surface area contributed by atoms with E-state index in [0.29, 0.717) is 18.1 Å². The maximum atomic E-state index is 12.4. The van der Waals surface area contributed by atoms with E-state index >= 15 is 0 Å². The number of amides is 1. The number of benzene rings is 1. The van der Waals surface area contributed by atoms with Gasteiger partial charge in [0, 0.05) is 12.2 Å². The van der Waals surface area contributed by atoms with Gasteiger partial charge < -0.3 is 10.1 Å². The Balaban J connectivity index is 1.74. The number of rotatable bonds is 4. The maximum Gasteiger partial charge on any atom is 0.251 e. The van der Waals surface area contributed by atoms with Gasteiger partial charge in [-0.05, 0) is 56.4 Å². The highest BCUT2D eigenvalue weighted by molar-refractivity contribution is 7.89. The van der Waals surface area contributed by atoms with Crippen molar-refractivity contribution in [2.45, 2.75) is 42.7 Å². The van der Waals surface area contributed by atoms with E-state index in [1.807, 2.05) is 6.92 Å². The molecule has 120 valence electrons. The summed E-state index contributed by atoms with van der Waals surface area (Å²) in [5.41, 5.74) is 0.0479. The summed E-state index contributed by atoms with van der Waals surface area (Å²) in [7, 11) is -3.74. The van der Waals surface area contributed by atoms with Gasteiger partial charge in [-0.1, -0.05) is 0 Å². The van der Waals surface area contributed by atoms with E-state index in [1.54, 1.807) is 0 Å². The summed E-state index contributed by atoms with van der Waals surface area (Å²) in [5, 5.41) is 8.11. The van der Waals surface area contributed by atoms with Crippen LogP contribution in [-0.2, 0) is 14.8 Å². The first-order valence-electron chi connectivity index (χ1n) is 7.37. The van der Waals surface area contributed by atoms with Crippen LogP contribution in [0.5, 0.6) is 0 Å². The molecule has 1 aromatic carbocycles. The molecule has 1 aliphatic heterocycles. The first-order valence-corrected chi connectivity index (χ1v) is 8.91. The highest BCUT2D eigenvalue weighted by Crippen LogP contribution is 2.43. The molecule has 7 heteroatoms. The normalized spacial score (nSPS) is 28.5. The number of nitrogens with two attached hydrogens (primary N) is 1. The van der Waals surface area contributed by atoms with E-state index in [-0.39, 0.29) is 22.4 Å². The van der Waals surface area contributed by atoms with E-state index in [1.165, 1.54) is 24.3 Å². The molecule has 3 N–H and O–H groups in total. The first-order chi connectivity index (χ1) is 10.3. The standard InChI is InChI=1S/C15H20N2O4S/c1-15(8-9-21-13(15)10-2-3-10)17-14(18)11-4-6-12(7-5-11)22(16,19)20/h4-7,10,13H,2-3,8-9H2,1H3,(H,17,18)(H2,16,19,20)/t13-,15+/m1/s1. The van der Waals surface area contributed by atoms with Crippen LogP contribution < -0.4 is 10.5 Å². The van der Waals surface area contributed by atoms with Crippen molar-refractivity contribution in [3.8, 4) is 0 Å². The number of ether oxygens (including phenoxy) is 1. The summed E-state index contributed by atoms with van der Waals surface area (Å²) in [6.07, 6.45) is 3.16. The maximum absolute atomic E-state index is 12.4. The molecule has 2 aliphatic rings. The van der Waals surface area contributed by atoms with Gasteiger partial charge in [0.1, 0.15) is 0 Å². The number of carbonyl (C=O) groups excluding carboxylic acids is 1. The van der Waals surface area contributed by atoms with Crippen LogP contribution in [0.1, 0.15) is 36.5 Å². The third-order valence-corrected chi connectivity index (χ3v) is 5.37. The minimum absolute atomic E-state index is 0.00433. The number of carbonyl (C=O) groups is 1. The number of sulfonamides is 1. The topological polar surface area (TPSA) is 98.5 Å². The van der Waals surface area contributed by atoms with Crippen molar-refractivity contribution in [3.05, 3.63) is 29.8 Å². The Hall–Kier alpha value is -1.44. The van der Waals surface area contributed by atoms with Crippen molar-refractivity contribution < 1.29 is 17.9 Å². The smallest absolute Gasteiger partial charge is 0.251 e. The number of hydrogen-bond donors (Lipinski definition) is 2. The van der Waals surface area contributed by atoms with E-state index in [9.17, 15) is 13.2 Å². The van der Waals surface area contributed by atoms with E-state index < -0.39 is 10.0 Å². The Morgan fingerprint density at radius 3 is 2.50 bits per heavy atom. The van der Waals surface area contributed by atoms with Gasteiger partial charge in [-0.25, -0.2) is 13.6 Å². The second-order valence-corrected chi connectivity index (χ2v) is 7.88. The second-order valence-electron chi connectivity index (χ2n) is 6.32. The zero-order valence-corrected chi connectivity index (χ0v) is 13.2. The van der Waals surface area contributed by atoms with Gasteiger partial charge in [0.05, 0.1) is 16.5 Å². The van der Waals surface area contributed by atoms with E-state index in [0.717, 1.165) is 19.3 Å². The van der Waals surface area contributed by atoms with Gasteiger partial charge in [0.15, 0.2) is 0 Å². The largest absolute Gasteiger partial charge is 0.375 e. The molecule has 1 aliphatic carbocycles. The molecule has 3 rings (SSSR count). The minimum atomic E-state index is -3.74. The van der Waals surface area contributed by atoms with Crippen LogP contribution in [0.4, 0.5) is 0 Å². The molecule has 6 nitrogen and oxygen atoms in total. The van der Waals surface area contributed by atoms with Crippen molar-refractivity contribution in [2.75, 3.05) is 6.61 Å². The second kappa shape index (κ2) is 5.33. The monoisotopic (exact) mass is 324 g/mol. The Morgan fingerprint density at radius 2 is 1.95 bits per heavy atom. The molecule has 1 amide bonds. The van der Waals surface area contributed by atoms with Gasteiger partial charge >= 0.3 is 0 Å². The van der Waals surface area contributed by atoms with Gasteiger partial charge in [-0.2, -0.15) is 0 Å². The molecule has 0 radical (unpaired) electrons. The Morgan fingerprint density at radius 1 is 1.32 bits per heavy atom. The Bertz CT molecular complexity index is 682. The van der Waals surface area contributed by atoms with Crippen molar-refractivity contribution in [3.63, 3.8) is 0 Å². The van der Waals surface area contributed by atoms with Crippen molar-refractivity contribution in [1.29, 1.82) is 0 Å². The Labute approximate surface area is 130 Å². The molecular formula is C15H20N2O4S. The molecule has 0 bridgehead atoms. The van der Waals surface area contributed by atoms with Gasteiger partial charge in [-0.3, -0.25) is 4.79 Å². The van der Waals surface area contributed by atoms with Crippen LogP contribution in [0.3, 0.4) is 0 Å². The number of hydrogen-bond acceptors (Lipinski definition) is 4. The lowest BCUT2D eigenvalue weighted by Crippen LogP contribution is -2.52. The fourth-order valence-corrected chi connectivity index (χ4v) is 3.56. The summed E-state index contributed by atoms with van der Waals surface area (Å²) in [4.78, 5) is 12.4. The van der Waals surface area contributed by atoms with Crippen LogP contribution in [0.25, 0.3) is 0 Å². The lowest BCUT2D eigenvalue weighted by Gasteiger charge is -2.31. The SMILES string of the molecule is C[C@]1(NC(=O)c2ccc(S(N)(=O)=O)cc2)CCO[C@@H]1C1CC1. The lowest BCUT2D eigenvalue weighted by atomic mass is 9.90. The summed E-state index contributed by atoms with van der Waals surface area (Å²) in [5.74, 6) is 0.317. The number of primary sulfonamides is 1. The first kappa shape index (κ1) is 15.5. The fraction of sp³-hybridized carbons (Fsp3) is 0.533. The van der Waals surface area contributed by atoms with E-state index in [4.69, 9.17) is 9.88 Å². The third-order valence-electron chi connectivity index (χ3n) is 4.44. The van der Waals surface area contributed by atoms with Crippen molar-refractivity contribution >= 4 is 15.9 Å². The van der Waals surface area contributed by atoms with Crippen LogP contribution >= 0.6 is 0 Å². The molecule has 2 fully saturated rings. The lowest BCUT2D eigenvalue weighted by molar-refractivity contribution is 0.0514. The predicted octanol–water partition coefficient (Wildman–Crippen LogP) is 1.02. The van der Waals surface area contributed by atoms with Crippen LogP contribution in [-0.4, -0.2) is 32.6 Å². The molecule has 0 unspecified atom stereocenters. The quantitative estimate of drug-likeness (QED) is 0.864. The number of nitrogens with one attached hydrogen (secondary N) is 1. The van der Waals surface area contributed by atoms with E-state index in [2.05, 4.69) is 5.32 Å². The molecule has 0 aromatic heterocycles. The predicted molar refractivity (Wildman–Crippen MR) is 80.8 cm³/mol. The summed E-state index contributed by atoms with van der Waals surface area (Å²) in [6.45, 7) is 2.67. The zero-order valence-electron chi connectivity index (χ0n) is 12.4. The molecule has 1 saturated heterocycles. The minimum Gasteiger partial charge on any atom is -0.375 e. The summed E-state index contributed by atoms with van der Waals surface area (Å²) in [6, 6.07) is 5.63. The molecule has 1 aromatic rings. The van der Waals surface area contributed by atoms with Crippen LogP contribution in [0.2, 0.25) is 0 Å². The molecule has 2 atom stereocenters. The highest BCUT2D eigenvalue weighted by Gasteiger charge is 2.49. The molecule has 0 spiro atoms. The fourth-order valence-electron chi connectivity index (χ4n) is 3.04. The van der Waals surface area contributed by atoms with Crippen LogP contribution in [0, 0.1) is 5.92 Å². The van der Waals surface area contributed by atoms with Gasteiger partial charge in [0.2, 0.25) is 10.0 Å². The molecule has 1 saturated carbocycles. The molecular weight excluding hydrogens is 304 g/mol. The average Bonchev–Trinajstić information content (AvgIpc) is 3.21. The zero-order chi connectivity index (χ0) is 16.0. The summed E-state index contributed by atoms with van der Waals surface area (Å²) >= 11 is 0. The Kier molecular flexibility index (Phi) is 3.74. The van der Waals surface area contributed by atoms with Crippen molar-refractivity contribution in [2.24, 2.45) is 11.1 Å². The highest BCUT2D eigenvalue weighted by atomic mass is 32.2. The van der Waals surface area contributed by atoms with Crippen LogP contribution in [0.15, 0.2) is 29.2 Å².